The number of aliphatic carboxylic acids is 1. The van der Waals surface area contributed by atoms with Gasteiger partial charge in [0.05, 0.1) is 17.7 Å². The molecular weight excluding hydrogens is 593 g/mol. The lowest BCUT2D eigenvalue weighted by atomic mass is 10.0. The molecule has 0 aliphatic rings. The number of carbonyl (C=O) groups excluding carboxylic acids is 3. The van der Waals surface area contributed by atoms with Crippen molar-refractivity contribution < 1.29 is 28.7 Å². The van der Waals surface area contributed by atoms with Crippen LogP contribution in [-0.2, 0) is 20.8 Å². The highest BCUT2D eigenvalue weighted by molar-refractivity contribution is 6.30. The van der Waals surface area contributed by atoms with Crippen molar-refractivity contribution in [1.82, 2.24) is 10.6 Å². The number of nitrogens with two attached hydrogens (primary N) is 1. The van der Waals surface area contributed by atoms with Crippen molar-refractivity contribution in [2.75, 3.05) is 16.9 Å². The monoisotopic (exact) mass is 621 g/mol. The lowest BCUT2D eigenvalue weighted by molar-refractivity contribution is -0.136. The third-order valence-corrected chi connectivity index (χ3v) is 6.20. The third-order valence-electron chi connectivity index (χ3n) is 5.96. The van der Waals surface area contributed by atoms with E-state index in [1.807, 2.05) is 0 Å². The van der Waals surface area contributed by atoms with Crippen LogP contribution >= 0.6 is 11.6 Å². The highest BCUT2D eigenvalue weighted by atomic mass is 35.5. The molecule has 228 valence electrons. The number of benzene rings is 3. The molecule has 0 fully saturated rings. The van der Waals surface area contributed by atoms with Crippen molar-refractivity contribution in [3.05, 3.63) is 100 Å². The molecule has 0 spiro atoms. The fourth-order valence-electron chi connectivity index (χ4n) is 3.88. The van der Waals surface area contributed by atoms with E-state index in [9.17, 15) is 23.6 Å². The molecule has 0 aliphatic carbocycles. The van der Waals surface area contributed by atoms with Gasteiger partial charge in [0.2, 0.25) is 11.8 Å². The molecule has 0 aliphatic heterocycles. The van der Waals surface area contributed by atoms with Gasteiger partial charge >= 0.3 is 5.97 Å². The number of amides is 3. The maximum atomic E-state index is 14.7. The Kier molecular flexibility index (Phi) is 12.3. The van der Waals surface area contributed by atoms with Gasteiger partial charge in [0, 0.05) is 42.0 Å². The van der Waals surface area contributed by atoms with Crippen molar-refractivity contribution in [3.63, 3.8) is 0 Å². The summed E-state index contributed by atoms with van der Waals surface area (Å²) in [4.78, 5) is 49.1. The minimum absolute atomic E-state index is 0.0414. The van der Waals surface area contributed by atoms with Crippen LogP contribution in [0.15, 0.2) is 83.0 Å². The van der Waals surface area contributed by atoms with Crippen molar-refractivity contribution in [1.29, 1.82) is 0 Å². The molecule has 3 amide bonds. The van der Waals surface area contributed by atoms with Gasteiger partial charge in [-0.15, -0.1) is 5.10 Å². The smallest absolute Gasteiger partial charge is 0.305 e. The number of carboxylic acids is 1. The number of nitrogens with zero attached hydrogens (tertiary/aromatic N) is 3. The molecule has 3 aromatic rings. The van der Waals surface area contributed by atoms with Crippen LogP contribution in [0.25, 0.3) is 6.08 Å². The Morgan fingerprint density at radius 1 is 1.09 bits per heavy atom. The number of hydrogen-bond donors (Lipinski definition) is 5. The topological polar surface area (TPSA) is 179 Å². The summed E-state index contributed by atoms with van der Waals surface area (Å²) in [5, 5.41) is 24.8. The van der Waals surface area contributed by atoms with E-state index in [0.717, 1.165) is 17.7 Å². The van der Waals surface area contributed by atoms with Gasteiger partial charge in [0.1, 0.15) is 18.2 Å². The first kappa shape index (κ1) is 33.1. The SMILES string of the molecule is C=N/N=C\N(N)c1ccc(Cl)cc1/C=C/C(=O)N[C@@H](Cc1ccccc1)C(=O)Nc1ccc(C(=O)NCCC(=O)O)c(F)c1. The zero-order valence-electron chi connectivity index (χ0n) is 23.2. The third kappa shape index (κ3) is 10.2. The average Bonchev–Trinajstić information content (AvgIpc) is 2.98. The molecule has 12 nitrogen and oxygen atoms in total. The van der Waals surface area contributed by atoms with Gasteiger partial charge in [-0.2, -0.15) is 5.10 Å². The summed E-state index contributed by atoms with van der Waals surface area (Å²) < 4.78 is 14.7. The Morgan fingerprint density at radius 3 is 2.52 bits per heavy atom. The number of hydrazine groups is 1. The van der Waals surface area contributed by atoms with Crippen LogP contribution in [0.2, 0.25) is 5.02 Å². The zero-order valence-corrected chi connectivity index (χ0v) is 24.0. The zero-order chi connectivity index (χ0) is 32.1. The fraction of sp³-hybridized carbons (Fsp3) is 0.133. The Balaban J connectivity index is 1.77. The summed E-state index contributed by atoms with van der Waals surface area (Å²) in [6.07, 6.45) is 3.67. The summed E-state index contributed by atoms with van der Waals surface area (Å²) in [6, 6.07) is 16.1. The second kappa shape index (κ2) is 16.3. The van der Waals surface area contributed by atoms with Gasteiger partial charge in [-0.1, -0.05) is 41.9 Å². The molecule has 0 saturated heterocycles. The Bertz CT molecular complexity index is 1580. The summed E-state index contributed by atoms with van der Waals surface area (Å²) in [6.45, 7) is 3.07. The van der Waals surface area contributed by atoms with Crippen LogP contribution < -0.4 is 26.8 Å². The van der Waals surface area contributed by atoms with E-state index in [0.29, 0.717) is 16.3 Å². The summed E-state index contributed by atoms with van der Waals surface area (Å²) in [5.74, 6) is 1.89. The summed E-state index contributed by atoms with van der Waals surface area (Å²) in [5.41, 5.74) is 1.39. The van der Waals surface area contributed by atoms with Gasteiger partial charge in [-0.3, -0.25) is 24.2 Å². The molecule has 0 aromatic heterocycles. The predicted molar refractivity (Wildman–Crippen MR) is 167 cm³/mol. The van der Waals surface area contributed by atoms with Crippen LogP contribution in [0, 0.1) is 5.82 Å². The molecule has 0 saturated carbocycles. The molecular formula is C30H29ClFN7O5. The van der Waals surface area contributed by atoms with E-state index in [4.69, 9.17) is 22.6 Å². The quantitative estimate of drug-likeness (QED) is 0.0602. The van der Waals surface area contributed by atoms with Crippen molar-refractivity contribution in [3.8, 4) is 0 Å². The van der Waals surface area contributed by atoms with Gasteiger partial charge in [0.15, 0.2) is 0 Å². The van der Waals surface area contributed by atoms with Crippen LogP contribution in [0.3, 0.4) is 0 Å². The van der Waals surface area contributed by atoms with E-state index in [2.05, 4.69) is 32.9 Å². The normalized spacial score (nSPS) is 11.6. The number of carbonyl (C=O) groups is 4. The number of rotatable bonds is 14. The number of carboxylic acid groups (broad SMARTS) is 1. The van der Waals surface area contributed by atoms with E-state index in [1.165, 1.54) is 29.6 Å². The molecule has 1 atom stereocenters. The molecule has 44 heavy (non-hydrogen) atoms. The minimum atomic E-state index is -1.11. The van der Waals surface area contributed by atoms with Crippen molar-refractivity contribution in [2.24, 2.45) is 16.0 Å². The first-order valence-electron chi connectivity index (χ1n) is 13.0. The molecule has 3 rings (SSSR count). The Labute approximate surface area is 257 Å². The highest BCUT2D eigenvalue weighted by Gasteiger charge is 2.22. The molecule has 0 heterocycles. The van der Waals surface area contributed by atoms with E-state index < -0.39 is 35.5 Å². The lowest BCUT2D eigenvalue weighted by Gasteiger charge is -2.18. The van der Waals surface area contributed by atoms with Gasteiger partial charge in [0.25, 0.3) is 5.91 Å². The van der Waals surface area contributed by atoms with E-state index >= 15 is 0 Å². The van der Waals surface area contributed by atoms with Crippen molar-refractivity contribution >= 4 is 65.8 Å². The summed E-state index contributed by atoms with van der Waals surface area (Å²) >= 11 is 6.13. The molecule has 6 N–H and O–H groups in total. The van der Waals surface area contributed by atoms with Crippen LogP contribution in [0.1, 0.15) is 27.9 Å². The molecule has 0 radical (unpaired) electrons. The van der Waals surface area contributed by atoms with Gasteiger partial charge in [-0.25, -0.2) is 10.2 Å². The molecule has 14 heteroatoms. The molecule has 3 aromatic carbocycles. The van der Waals surface area contributed by atoms with E-state index in [-0.39, 0.29) is 30.6 Å². The van der Waals surface area contributed by atoms with Gasteiger partial charge in [-0.05, 0) is 48.0 Å². The Morgan fingerprint density at radius 2 is 1.84 bits per heavy atom. The maximum Gasteiger partial charge on any atom is 0.305 e. The average molecular weight is 622 g/mol. The number of hydrogen-bond acceptors (Lipinski definition) is 7. The highest BCUT2D eigenvalue weighted by Crippen LogP contribution is 2.24. The number of nitrogens with one attached hydrogen (secondary N) is 3. The van der Waals surface area contributed by atoms with Gasteiger partial charge < -0.3 is 21.1 Å². The largest absolute Gasteiger partial charge is 0.481 e. The second-order valence-electron chi connectivity index (χ2n) is 9.15. The van der Waals surface area contributed by atoms with Crippen LogP contribution in [0.4, 0.5) is 15.8 Å². The second-order valence-corrected chi connectivity index (χ2v) is 9.59. The standard InChI is InChI=1S/C30H29ClFN7O5/c1-34-36-18-39(33)26-11-8-21(31)16-20(26)7-12-27(40)38-25(15-19-5-3-2-4-6-19)30(44)37-22-9-10-23(24(32)17-22)29(43)35-14-13-28(41)42/h2-12,16-18,25H,1,13-15,33H2,(H,35,43)(H,37,44)(H,38,40)(H,41,42)/b12-7+,36-18-/t25-/m0/s1. The maximum absolute atomic E-state index is 14.7. The Hall–Kier alpha value is -5.40. The van der Waals surface area contributed by atoms with Crippen LogP contribution in [-0.4, -0.2) is 54.4 Å². The first-order valence-corrected chi connectivity index (χ1v) is 13.4. The van der Waals surface area contributed by atoms with E-state index in [1.54, 1.807) is 48.5 Å². The molecule has 0 bridgehead atoms. The number of halogens is 2. The summed E-state index contributed by atoms with van der Waals surface area (Å²) in [7, 11) is 0. The van der Waals surface area contributed by atoms with Crippen molar-refractivity contribution in [2.45, 2.75) is 18.9 Å². The lowest BCUT2D eigenvalue weighted by Crippen LogP contribution is -2.44. The minimum Gasteiger partial charge on any atom is -0.481 e. The number of anilines is 2. The molecule has 0 unspecified atom stereocenters. The predicted octanol–water partition coefficient (Wildman–Crippen LogP) is 3.39. The fourth-order valence-corrected chi connectivity index (χ4v) is 4.06. The first-order chi connectivity index (χ1) is 21.1. The van der Waals surface area contributed by atoms with Crippen LogP contribution in [0.5, 0.6) is 0 Å².